The minimum Gasteiger partial charge on any atom is -0.390 e. The van der Waals surface area contributed by atoms with E-state index in [1.165, 1.54) is 0 Å². The van der Waals surface area contributed by atoms with Gasteiger partial charge in [-0.25, -0.2) is 9.97 Å². The largest absolute Gasteiger partial charge is 0.390 e. The fourth-order valence-corrected chi connectivity index (χ4v) is 5.14. The number of anilines is 2. The zero-order valence-electron chi connectivity index (χ0n) is 16.7. The summed E-state index contributed by atoms with van der Waals surface area (Å²) in [7, 11) is 0. The van der Waals surface area contributed by atoms with E-state index in [-0.39, 0.29) is 35.6 Å². The number of ketones is 1. The van der Waals surface area contributed by atoms with Crippen molar-refractivity contribution in [2.45, 2.75) is 38.8 Å². The van der Waals surface area contributed by atoms with Crippen LogP contribution in [-0.4, -0.2) is 40.0 Å². The molecule has 9 heteroatoms. The molecule has 30 heavy (non-hydrogen) atoms. The fraction of sp³-hybridized carbons (Fsp3) is 0.476. The summed E-state index contributed by atoms with van der Waals surface area (Å²) in [6, 6.07) is 5.09. The summed E-state index contributed by atoms with van der Waals surface area (Å²) in [6.45, 7) is 2.98. The summed E-state index contributed by atoms with van der Waals surface area (Å²) in [5, 5.41) is 10.7. The maximum atomic E-state index is 12.2. The van der Waals surface area contributed by atoms with Crippen molar-refractivity contribution in [3.8, 4) is 11.3 Å². The zero-order valence-corrected chi connectivity index (χ0v) is 18.2. The molecule has 4 rings (SSSR count). The van der Waals surface area contributed by atoms with Gasteiger partial charge in [0.15, 0.2) is 11.6 Å². The third kappa shape index (κ3) is 3.43. The van der Waals surface area contributed by atoms with Crippen LogP contribution in [0.4, 0.5) is 11.6 Å². The molecule has 1 spiro atoms. The smallest absolute Gasteiger partial charge is 0.155 e. The second-order valence-corrected chi connectivity index (χ2v) is 9.08. The van der Waals surface area contributed by atoms with Gasteiger partial charge in [0.1, 0.15) is 17.2 Å². The first-order valence-electron chi connectivity index (χ1n) is 10.0. The number of hydrogen-bond acceptors (Lipinski definition) is 7. The van der Waals surface area contributed by atoms with Crippen LogP contribution < -0.4 is 16.4 Å². The second kappa shape index (κ2) is 7.96. The Bertz CT molecular complexity index is 992. The molecular weight excluding hydrogens is 425 g/mol. The first-order chi connectivity index (χ1) is 14.3. The third-order valence-corrected chi connectivity index (χ3v) is 7.49. The highest BCUT2D eigenvalue weighted by Crippen LogP contribution is 2.47. The predicted molar refractivity (Wildman–Crippen MR) is 118 cm³/mol. The molecule has 0 unspecified atom stereocenters. The van der Waals surface area contributed by atoms with Gasteiger partial charge >= 0.3 is 0 Å². The van der Waals surface area contributed by atoms with Crippen LogP contribution >= 0.6 is 23.2 Å². The zero-order chi connectivity index (χ0) is 21.6. The van der Waals surface area contributed by atoms with Crippen LogP contribution in [-0.2, 0) is 11.4 Å². The molecule has 1 saturated carbocycles. The lowest BCUT2D eigenvalue weighted by Gasteiger charge is -2.42. The maximum Gasteiger partial charge on any atom is 0.155 e. The van der Waals surface area contributed by atoms with Crippen molar-refractivity contribution >= 4 is 40.6 Å². The number of Topliss-reactive ketones (excluding diaryl/α,β-unsaturated/α-hetero) is 1. The van der Waals surface area contributed by atoms with Crippen LogP contribution in [0.2, 0.25) is 10.0 Å². The van der Waals surface area contributed by atoms with Gasteiger partial charge in [-0.05, 0) is 24.3 Å². The molecule has 160 valence electrons. The Morgan fingerprint density at radius 2 is 1.97 bits per heavy atom. The van der Waals surface area contributed by atoms with Gasteiger partial charge in [0.05, 0.1) is 16.7 Å². The molecule has 0 bridgehead atoms. The highest BCUT2D eigenvalue weighted by atomic mass is 35.5. The van der Waals surface area contributed by atoms with Crippen LogP contribution in [0.25, 0.3) is 11.3 Å². The molecule has 2 aliphatic rings. The lowest BCUT2D eigenvalue weighted by molar-refractivity contribution is -0.120. The summed E-state index contributed by atoms with van der Waals surface area (Å²) in [6.07, 6.45) is 2.12. The van der Waals surface area contributed by atoms with Crippen LogP contribution in [0.5, 0.6) is 0 Å². The molecule has 2 fully saturated rings. The quantitative estimate of drug-likeness (QED) is 0.658. The second-order valence-electron chi connectivity index (χ2n) is 8.29. The van der Waals surface area contributed by atoms with Crippen molar-refractivity contribution < 1.29 is 9.90 Å². The van der Waals surface area contributed by atoms with Crippen LogP contribution in [0, 0.1) is 11.3 Å². The van der Waals surface area contributed by atoms with E-state index in [0.29, 0.717) is 52.3 Å². The summed E-state index contributed by atoms with van der Waals surface area (Å²) in [4.78, 5) is 23.4. The number of halogens is 2. The molecule has 2 aromatic rings. The molecule has 5 N–H and O–H groups in total. The van der Waals surface area contributed by atoms with E-state index in [1.54, 1.807) is 18.2 Å². The highest BCUT2D eigenvalue weighted by molar-refractivity contribution is 6.43. The van der Waals surface area contributed by atoms with E-state index in [0.717, 1.165) is 12.8 Å². The molecule has 7 nitrogen and oxygen atoms in total. The van der Waals surface area contributed by atoms with E-state index < -0.39 is 0 Å². The van der Waals surface area contributed by atoms with E-state index in [4.69, 9.17) is 34.7 Å². The summed E-state index contributed by atoms with van der Waals surface area (Å²) in [5.74, 6) is 0.922. The molecule has 1 aliphatic carbocycles. The Morgan fingerprint density at radius 3 is 2.57 bits per heavy atom. The molecule has 0 radical (unpaired) electrons. The molecule has 2 heterocycles. The van der Waals surface area contributed by atoms with Crippen molar-refractivity contribution in [2.75, 3.05) is 23.7 Å². The summed E-state index contributed by atoms with van der Waals surface area (Å²) >= 11 is 12.4. The lowest BCUT2D eigenvalue weighted by atomic mass is 9.73. The number of aliphatic hydroxyl groups excluding tert-OH is 1. The number of piperidine rings is 1. The van der Waals surface area contributed by atoms with Crippen LogP contribution in [0.1, 0.15) is 31.9 Å². The Kier molecular flexibility index (Phi) is 5.66. The van der Waals surface area contributed by atoms with Crippen molar-refractivity contribution in [1.82, 2.24) is 9.97 Å². The number of nitrogens with two attached hydrogens (primary N) is 2. The molecule has 1 aliphatic heterocycles. The molecule has 0 amide bonds. The van der Waals surface area contributed by atoms with Gasteiger partial charge in [-0.3, -0.25) is 4.79 Å². The number of aromatic nitrogens is 2. The number of nitrogen functional groups attached to an aromatic ring is 1. The lowest BCUT2D eigenvalue weighted by Crippen LogP contribution is -2.48. The summed E-state index contributed by atoms with van der Waals surface area (Å²) < 4.78 is 0. The molecule has 2 atom stereocenters. The van der Waals surface area contributed by atoms with E-state index in [9.17, 15) is 9.90 Å². The van der Waals surface area contributed by atoms with E-state index in [2.05, 4.69) is 14.9 Å². The minimum atomic E-state index is -0.287. The average molecular weight is 450 g/mol. The van der Waals surface area contributed by atoms with Gasteiger partial charge in [0.2, 0.25) is 0 Å². The number of hydrogen-bond donors (Lipinski definition) is 3. The Morgan fingerprint density at radius 1 is 1.27 bits per heavy atom. The summed E-state index contributed by atoms with van der Waals surface area (Å²) in [5.41, 5.74) is 13.9. The first-order valence-corrected chi connectivity index (χ1v) is 10.8. The number of benzene rings is 1. The molecule has 1 aromatic heterocycles. The molecule has 1 saturated heterocycles. The number of carbonyl (C=O) groups excluding carboxylic acids is 1. The average Bonchev–Trinajstić information content (AvgIpc) is 2.94. The van der Waals surface area contributed by atoms with E-state index >= 15 is 0 Å². The van der Waals surface area contributed by atoms with Crippen molar-refractivity contribution in [1.29, 1.82) is 0 Å². The number of aliphatic hydroxyl groups is 1. The standard InChI is InChI=1S/C21H25Cl2N5O2/c1-11-15(30)9-21(18(11)24)5-7-28(8-6-21)20-14(10-29)26-17(19(25)27-20)12-3-2-4-13(22)16(12)23/h2-4,11,18,29H,5-10,24H2,1H3,(H2,25,27)/t11-,18+/m1/s1. The van der Waals surface area contributed by atoms with Gasteiger partial charge < -0.3 is 21.5 Å². The molecular formula is C21H25Cl2N5O2. The predicted octanol–water partition coefficient (Wildman–Crippen LogP) is 3.05. The van der Waals surface area contributed by atoms with Crippen molar-refractivity contribution in [3.63, 3.8) is 0 Å². The molecule has 1 aromatic carbocycles. The Hall–Kier alpha value is -1.93. The highest BCUT2D eigenvalue weighted by Gasteiger charge is 2.50. The van der Waals surface area contributed by atoms with Crippen LogP contribution in [0.3, 0.4) is 0 Å². The number of nitrogens with zero attached hydrogens (tertiary/aromatic N) is 3. The number of carbonyl (C=O) groups is 1. The van der Waals surface area contributed by atoms with Gasteiger partial charge in [0, 0.05) is 37.0 Å². The van der Waals surface area contributed by atoms with Gasteiger partial charge in [-0.15, -0.1) is 0 Å². The minimum absolute atomic E-state index is 0.0956. The third-order valence-electron chi connectivity index (χ3n) is 6.67. The van der Waals surface area contributed by atoms with Crippen LogP contribution in [0.15, 0.2) is 18.2 Å². The van der Waals surface area contributed by atoms with Crippen molar-refractivity contribution in [2.24, 2.45) is 17.1 Å². The monoisotopic (exact) mass is 449 g/mol. The van der Waals surface area contributed by atoms with E-state index in [1.807, 2.05) is 6.92 Å². The topological polar surface area (TPSA) is 118 Å². The Labute approximate surface area is 185 Å². The van der Waals surface area contributed by atoms with Gasteiger partial charge in [0.25, 0.3) is 0 Å². The first kappa shape index (κ1) is 21.3. The maximum absolute atomic E-state index is 12.2. The normalized spacial score (nSPS) is 23.4. The van der Waals surface area contributed by atoms with Gasteiger partial charge in [-0.2, -0.15) is 0 Å². The van der Waals surface area contributed by atoms with Gasteiger partial charge in [-0.1, -0.05) is 42.3 Å². The van der Waals surface area contributed by atoms with Crippen molar-refractivity contribution in [3.05, 3.63) is 33.9 Å². The number of rotatable bonds is 3. The Balaban J connectivity index is 1.62. The SMILES string of the molecule is C[C@@H]1C(=O)CC2(CCN(c3nc(N)c(-c4cccc(Cl)c4Cl)nc3CO)CC2)[C@H]1N. The fourth-order valence-electron chi connectivity index (χ4n) is 4.75.